The van der Waals surface area contributed by atoms with Gasteiger partial charge in [-0.3, -0.25) is 9.59 Å². The van der Waals surface area contributed by atoms with Crippen LogP contribution in [0, 0.1) is 0 Å². The van der Waals surface area contributed by atoms with Crippen molar-refractivity contribution in [2.75, 3.05) is 41.5 Å². The highest BCUT2D eigenvalue weighted by molar-refractivity contribution is 5.95. The minimum absolute atomic E-state index is 0.00793. The minimum Gasteiger partial charge on any atom is -0.493 e. The van der Waals surface area contributed by atoms with E-state index in [4.69, 9.17) is 14.2 Å². The van der Waals surface area contributed by atoms with Crippen LogP contribution in [-0.4, -0.2) is 69.1 Å². The summed E-state index contributed by atoms with van der Waals surface area (Å²) in [5.41, 5.74) is 2.89. The minimum atomic E-state index is -0.508. The summed E-state index contributed by atoms with van der Waals surface area (Å²) in [6.45, 7) is 2.81. The molecule has 2 aromatic carbocycles. The Morgan fingerprint density at radius 3 is 2.16 bits per heavy atom. The molecule has 0 spiro atoms. The van der Waals surface area contributed by atoms with Crippen LogP contribution in [0.3, 0.4) is 0 Å². The molecule has 1 aliphatic heterocycles. The van der Waals surface area contributed by atoms with Crippen LogP contribution in [0.4, 0.5) is 0 Å². The smallest absolute Gasteiger partial charge is 0.246 e. The van der Waals surface area contributed by atoms with Gasteiger partial charge in [0.15, 0.2) is 11.5 Å². The number of likely N-dealkylation sites (N-methyl/N-ethyl adjacent to an activating group) is 1. The van der Waals surface area contributed by atoms with Gasteiger partial charge in [0.1, 0.15) is 12.6 Å². The van der Waals surface area contributed by atoms with E-state index in [1.54, 1.807) is 38.2 Å². The van der Waals surface area contributed by atoms with Gasteiger partial charge < -0.3 is 24.0 Å². The molecule has 200 valence electrons. The molecule has 2 aromatic rings. The molecule has 0 aliphatic carbocycles. The van der Waals surface area contributed by atoms with Gasteiger partial charge in [0.2, 0.25) is 17.6 Å². The zero-order valence-electron chi connectivity index (χ0n) is 22.8. The second-order valence-corrected chi connectivity index (χ2v) is 9.38. The molecule has 1 atom stereocenters. The van der Waals surface area contributed by atoms with E-state index in [-0.39, 0.29) is 18.4 Å². The van der Waals surface area contributed by atoms with Crippen LogP contribution in [0.15, 0.2) is 48.6 Å². The van der Waals surface area contributed by atoms with Crippen molar-refractivity contribution in [3.05, 3.63) is 54.1 Å². The molecular weight excluding hydrogens is 468 g/mol. The summed E-state index contributed by atoms with van der Waals surface area (Å²) in [5.74, 6) is 1.68. The Hall–Kier alpha value is -3.48. The first-order valence-corrected chi connectivity index (χ1v) is 13.0. The van der Waals surface area contributed by atoms with Crippen LogP contribution < -0.4 is 14.2 Å². The summed E-state index contributed by atoms with van der Waals surface area (Å²) in [7, 11) is 6.48. The number of hydrogen-bond acceptors (Lipinski definition) is 5. The molecule has 1 heterocycles. The number of carbonyl (C=O) groups excluding carboxylic acids is 2. The highest BCUT2D eigenvalue weighted by atomic mass is 16.5. The molecule has 0 unspecified atom stereocenters. The number of piperazine rings is 1. The van der Waals surface area contributed by atoms with Gasteiger partial charge in [0, 0.05) is 20.0 Å². The topological polar surface area (TPSA) is 68.3 Å². The van der Waals surface area contributed by atoms with Crippen LogP contribution in [-0.2, 0) is 16.0 Å². The van der Waals surface area contributed by atoms with Crippen LogP contribution in [0.2, 0.25) is 0 Å². The number of carbonyl (C=O) groups is 2. The second-order valence-electron chi connectivity index (χ2n) is 9.38. The number of hydrogen-bond donors (Lipinski definition) is 0. The van der Waals surface area contributed by atoms with E-state index in [2.05, 4.69) is 13.0 Å². The molecule has 1 saturated heterocycles. The van der Waals surface area contributed by atoms with E-state index < -0.39 is 6.04 Å². The van der Waals surface area contributed by atoms with Gasteiger partial charge in [-0.05, 0) is 41.7 Å². The molecule has 2 amide bonds. The van der Waals surface area contributed by atoms with Gasteiger partial charge in [-0.15, -0.1) is 0 Å². The highest BCUT2D eigenvalue weighted by Crippen LogP contribution is 2.41. The van der Waals surface area contributed by atoms with E-state index >= 15 is 0 Å². The van der Waals surface area contributed by atoms with Crippen LogP contribution >= 0.6 is 0 Å². The maximum Gasteiger partial charge on any atom is 0.246 e. The summed E-state index contributed by atoms with van der Waals surface area (Å²) in [6, 6.07) is 11.3. The lowest BCUT2D eigenvalue weighted by molar-refractivity contribution is -0.153. The lowest BCUT2D eigenvalue weighted by Crippen LogP contribution is -2.59. The fourth-order valence-electron chi connectivity index (χ4n) is 4.59. The third-order valence-corrected chi connectivity index (χ3v) is 6.88. The van der Waals surface area contributed by atoms with E-state index in [0.29, 0.717) is 30.2 Å². The van der Waals surface area contributed by atoms with Gasteiger partial charge in [-0.25, -0.2) is 0 Å². The zero-order chi connectivity index (χ0) is 26.8. The summed E-state index contributed by atoms with van der Waals surface area (Å²) < 4.78 is 16.4. The third-order valence-electron chi connectivity index (χ3n) is 6.88. The molecule has 3 rings (SSSR count). The number of methoxy groups -OCH3 is 3. The molecule has 7 heteroatoms. The van der Waals surface area contributed by atoms with Crippen LogP contribution in [0.5, 0.6) is 17.2 Å². The molecule has 0 aromatic heterocycles. The Morgan fingerprint density at radius 2 is 1.57 bits per heavy atom. The van der Waals surface area contributed by atoms with Crippen molar-refractivity contribution in [2.24, 2.45) is 0 Å². The largest absolute Gasteiger partial charge is 0.493 e. The Bertz CT molecular complexity index is 1050. The number of unbranched alkanes of at least 4 members (excludes halogenated alkanes) is 4. The number of allylic oxidation sites excluding steroid dienone is 1. The van der Waals surface area contributed by atoms with Crippen molar-refractivity contribution in [2.45, 2.75) is 51.5 Å². The standard InChI is InChI=1S/C30H40N2O5/c1-6-7-8-9-10-11-12-17-32-21-28(33)31(2)25(30(32)34)18-22-13-15-23(16-14-22)24-19-26(35-3)29(37-5)27(20-24)36-4/h11-16,19-20,25H,6-10,17-18,21H2,1-5H3/b12-11+/t25-/m0/s1. The number of nitrogens with zero attached hydrogens (tertiary/aromatic N) is 2. The molecule has 37 heavy (non-hydrogen) atoms. The van der Waals surface area contributed by atoms with Crippen molar-refractivity contribution in [1.82, 2.24) is 9.80 Å². The average Bonchev–Trinajstić information content (AvgIpc) is 2.92. The van der Waals surface area contributed by atoms with Gasteiger partial charge in [0.05, 0.1) is 21.3 Å². The first kappa shape index (κ1) is 28.1. The highest BCUT2D eigenvalue weighted by Gasteiger charge is 2.36. The molecule has 0 saturated carbocycles. The fourth-order valence-corrected chi connectivity index (χ4v) is 4.59. The zero-order valence-corrected chi connectivity index (χ0v) is 22.8. The molecule has 0 radical (unpaired) electrons. The molecule has 1 aliphatic rings. The first-order chi connectivity index (χ1) is 17.9. The maximum absolute atomic E-state index is 13.2. The SMILES string of the molecule is CCCCCC/C=C/CN1CC(=O)N(C)[C@@H](Cc2ccc(-c3cc(OC)c(OC)c(OC)c3)cc2)C1=O. The Labute approximate surface area is 221 Å². The Balaban J connectivity index is 1.69. The maximum atomic E-state index is 13.2. The second kappa shape index (κ2) is 13.7. The van der Waals surface area contributed by atoms with Crippen molar-refractivity contribution < 1.29 is 23.8 Å². The van der Waals surface area contributed by atoms with Gasteiger partial charge in [0.25, 0.3) is 0 Å². The van der Waals surface area contributed by atoms with Gasteiger partial charge in [-0.2, -0.15) is 0 Å². The van der Waals surface area contributed by atoms with Crippen molar-refractivity contribution in [3.63, 3.8) is 0 Å². The van der Waals surface area contributed by atoms with E-state index in [0.717, 1.165) is 29.5 Å². The first-order valence-electron chi connectivity index (χ1n) is 13.0. The predicted molar refractivity (Wildman–Crippen MR) is 146 cm³/mol. The molecule has 0 bridgehead atoms. The molecule has 7 nitrogen and oxygen atoms in total. The van der Waals surface area contributed by atoms with E-state index in [1.807, 2.05) is 42.5 Å². The normalized spacial score (nSPS) is 16.0. The molecular formula is C30H40N2O5. The molecule has 1 fully saturated rings. The fraction of sp³-hybridized carbons (Fsp3) is 0.467. The van der Waals surface area contributed by atoms with Crippen molar-refractivity contribution >= 4 is 11.8 Å². The number of benzene rings is 2. The van der Waals surface area contributed by atoms with E-state index in [9.17, 15) is 9.59 Å². The third kappa shape index (κ3) is 7.06. The van der Waals surface area contributed by atoms with E-state index in [1.165, 1.54) is 19.3 Å². The summed E-state index contributed by atoms with van der Waals surface area (Å²) in [5, 5.41) is 0. The van der Waals surface area contributed by atoms with Gasteiger partial charge >= 0.3 is 0 Å². The van der Waals surface area contributed by atoms with Crippen LogP contribution in [0.25, 0.3) is 11.1 Å². The average molecular weight is 509 g/mol. The number of ether oxygens (including phenoxy) is 3. The predicted octanol–water partition coefficient (Wildman–Crippen LogP) is 5.12. The number of amides is 2. The van der Waals surface area contributed by atoms with Crippen molar-refractivity contribution in [3.8, 4) is 28.4 Å². The quantitative estimate of drug-likeness (QED) is 0.278. The van der Waals surface area contributed by atoms with Crippen LogP contribution in [0.1, 0.15) is 44.6 Å². The lowest BCUT2D eigenvalue weighted by atomic mass is 9.98. The summed E-state index contributed by atoms with van der Waals surface area (Å²) in [4.78, 5) is 29.1. The van der Waals surface area contributed by atoms with Gasteiger partial charge in [-0.1, -0.05) is 62.6 Å². The molecule has 0 N–H and O–H groups in total. The van der Waals surface area contributed by atoms with Crippen molar-refractivity contribution in [1.29, 1.82) is 0 Å². The Kier molecular flexibility index (Phi) is 10.4. The monoisotopic (exact) mass is 508 g/mol. The Morgan fingerprint density at radius 1 is 0.892 bits per heavy atom. The summed E-state index contributed by atoms with van der Waals surface area (Å²) in [6.07, 6.45) is 10.5. The number of rotatable bonds is 13. The lowest BCUT2D eigenvalue weighted by Gasteiger charge is -2.38. The summed E-state index contributed by atoms with van der Waals surface area (Å²) >= 11 is 0.